The van der Waals surface area contributed by atoms with Gasteiger partial charge in [-0.3, -0.25) is 4.99 Å². The van der Waals surface area contributed by atoms with E-state index in [0.717, 1.165) is 24.3 Å². The molecule has 2 rings (SSSR count). The quantitative estimate of drug-likeness (QED) is 0.570. The summed E-state index contributed by atoms with van der Waals surface area (Å²) in [6.45, 7) is 16.4. The summed E-state index contributed by atoms with van der Waals surface area (Å²) in [6, 6.07) is 1.23. The fourth-order valence-electron chi connectivity index (χ4n) is 4.19. The second-order valence-corrected chi connectivity index (χ2v) is 8.66. The molecule has 2 aliphatic heterocycles. The van der Waals surface area contributed by atoms with E-state index in [1.807, 2.05) is 7.05 Å². The van der Waals surface area contributed by atoms with Gasteiger partial charge in [-0.1, -0.05) is 13.8 Å². The van der Waals surface area contributed by atoms with Crippen LogP contribution < -0.4 is 10.6 Å². The maximum atomic E-state index is 4.46. The molecular weight excluding hydrogens is 310 g/mol. The van der Waals surface area contributed by atoms with Crippen LogP contribution in [0.15, 0.2) is 4.99 Å². The Hall–Kier alpha value is -0.810. The molecule has 0 bridgehead atoms. The van der Waals surface area contributed by atoms with Crippen LogP contribution in [0.5, 0.6) is 0 Å². The van der Waals surface area contributed by atoms with E-state index >= 15 is 0 Å². The second kappa shape index (κ2) is 10.4. The van der Waals surface area contributed by atoms with Crippen LogP contribution in [0.4, 0.5) is 0 Å². The van der Waals surface area contributed by atoms with Gasteiger partial charge in [-0.15, -0.1) is 0 Å². The zero-order chi connectivity index (χ0) is 18.2. The van der Waals surface area contributed by atoms with Crippen LogP contribution in [-0.2, 0) is 0 Å². The first kappa shape index (κ1) is 20.5. The molecule has 0 spiro atoms. The molecule has 2 fully saturated rings. The normalized spacial score (nSPS) is 24.9. The zero-order valence-corrected chi connectivity index (χ0v) is 17.2. The third kappa shape index (κ3) is 7.14. The number of nitrogens with one attached hydrogen (secondary N) is 2. The maximum absolute atomic E-state index is 4.46. The average molecular weight is 352 g/mol. The van der Waals surface area contributed by atoms with Crippen LogP contribution in [0.1, 0.15) is 53.4 Å². The minimum Gasteiger partial charge on any atom is -0.356 e. The predicted molar refractivity (Wildman–Crippen MR) is 108 cm³/mol. The molecule has 0 aliphatic carbocycles. The van der Waals surface area contributed by atoms with Crippen molar-refractivity contribution in [3.05, 3.63) is 0 Å². The van der Waals surface area contributed by atoms with Gasteiger partial charge in [-0.25, -0.2) is 0 Å². The minimum atomic E-state index is 0.560. The number of piperidine rings is 2. The van der Waals surface area contributed by atoms with E-state index in [1.165, 1.54) is 58.4 Å². The summed E-state index contributed by atoms with van der Waals surface area (Å²) in [5.41, 5.74) is 0. The molecule has 25 heavy (non-hydrogen) atoms. The van der Waals surface area contributed by atoms with Crippen LogP contribution in [0.25, 0.3) is 0 Å². The van der Waals surface area contributed by atoms with Crippen LogP contribution in [0.2, 0.25) is 0 Å². The van der Waals surface area contributed by atoms with Crippen LogP contribution in [-0.4, -0.2) is 74.2 Å². The Morgan fingerprint density at radius 2 is 1.80 bits per heavy atom. The Balaban J connectivity index is 1.70. The van der Waals surface area contributed by atoms with Crippen molar-refractivity contribution in [1.29, 1.82) is 0 Å². The molecule has 0 radical (unpaired) electrons. The molecule has 5 nitrogen and oxygen atoms in total. The Morgan fingerprint density at radius 3 is 2.40 bits per heavy atom. The van der Waals surface area contributed by atoms with Crippen molar-refractivity contribution >= 4 is 5.96 Å². The molecule has 146 valence electrons. The number of aliphatic imine (C=N–C) groups is 1. The average Bonchev–Trinajstić information content (AvgIpc) is 2.58. The molecule has 2 aliphatic rings. The molecule has 0 aromatic carbocycles. The van der Waals surface area contributed by atoms with Gasteiger partial charge in [-0.05, 0) is 57.9 Å². The van der Waals surface area contributed by atoms with Gasteiger partial charge in [0.15, 0.2) is 5.96 Å². The molecule has 5 heteroatoms. The standard InChI is InChI=1S/C20H41N5/c1-16(2)14-24-10-6-7-18(15-24)13-22-20(21-5)23-19-8-11-25(12-9-19)17(3)4/h16-19H,6-15H2,1-5H3,(H2,21,22,23). The van der Waals surface area contributed by atoms with Crippen molar-refractivity contribution in [3.63, 3.8) is 0 Å². The molecular formula is C20H41N5. The van der Waals surface area contributed by atoms with E-state index in [4.69, 9.17) is 0 Å². The lowest BCUT2D eigenvalue weighted by atomic mass is 9.97. The number of likely N-dealkylation sites (tertiary alicyclic amines) is 2. The Kier molecular flexibility index (Phi) is 8.50. The summed E-state index contributed by atoms with van der Waals surface area (Å²) in [6.07, 6.45) is 5.10. The lowest BCUT2D eigenvalue weighted by Gasteiger charge is -2.36. The van der Waals surface area contributed by atoms with Crippen molar-refractivity contribution < 1.29 is 0 Å². The molecule has 0 aromatic heterocycles. The highest BCUT2D eigenvalue weighted by molar-refractivity contribution is 5.79. The topological polar surface area (TPSA) is 42.9 Å². The van der Waals surface area contributed by atoms with Crippen molar-refractivity contribution in [2.45, 2.75) is 65.5 Å². The fourth-order valence-corrected chi connectivity index (χ4v) is 4.19. The Labute approximate surface area is 155 Å². The highest BCUT2D eigenvalue weighted by Crippen LogP contribution is 2.17. The molecule has 2 N–H and O–H groups in total. The first-order valence-electron chi connectivity index (χ1n) is 10.4. The molecule has 1 atom stereocenters. The highest BCUT2D eigenvalue weighted by Gasteiger charge is 2.23. The second-order valence-electron chi connectivity index (χ2n) is 8.66. The van der Waals surface area contributed by atoms with Gasteiger partial charge in [-0.2, -0.15) is 0 Å². The first-order valence-corrected chi connectivity index (χ1v) is 10.4. The van der Waals surface area contributed by atoms with Crippen molar-refractivity contribution in [2.75, 3.05) is 46.3 Å². The van der Waals surface area contributed by atoms with Gasteiger partial charge in [0.2, 0.25) is 0 Å². The van der Waals surface area contributed by atoms with Crippen LogP contribution in [0, 0.1) is 11.8 Å². The Bertz CT molecular complexity index is 399. The summed E-state index contributed by atoms with van der Waals surface area (Å²) in [5.74, 6) is 2.50. The van der Waals surface area contributed by atoms with Crippen LogP contribution >= 0.6 is 0 Å². The monoisotopic (exact) mass is 351 g/mol. The SMILES string of the molecule is CN=C(NCC1CCCN(CC(C)C)C1)NC1CCN(C(C)C)CC1. The van der Waals surface area contributed by atoms with Gasteiger partial charge in [0.05, 0.1) is 0 Å². The van der Waals surface area contributed by atoms with E-state index in [-0.39, 0.29) is 0 Å². The minimum absolute atomic E-state index is 0.560. The van der Waals surface area contributed by atoms with Crippen LogP contribution in [0.3, 0.4) is 0 Å². The number of rotatable bonds is 6. The van der Waals surface area contributed by atoms with Gasteiger partial charge < -0.3 is 20.4 Å². The maximum Gasteiger partial charge on any atom is 0.191 e. The lowest BCUT2D eigenvalue weighted by Crippen LogP contribution is -2.51. The van der Waals surface area contributed by atoms with E-state index in [9.17, 15) is 0 Å². The number of hydrogen-bond acceptors (Lipinski definition) is 3. The van der Waals surface area contributed by atoms with Gasteiger partial charge in [0, 0.05) is 51.9 Å². The van der Waals surface area contributed by atoms with E-state index in [0.29, 0.717) is 12.1 Å². The molecule has 2 heterocycles. The first-order chi connectivity index (χ1) is 12.0. The Morgan fingerprint density at radius 1 is 1.08 bits per heavy atom. The van der Waals surface area contributed by atoms with Crippen molar-refractivity contribution in [1.82, 2.24) is 20.4 Å². The van der Waals surface area contributed by atoms with Crippen molar-refractivity contribution in [3.8, 4) is 0 Å². The highest BCUT2D eigenvalue weighted by atomic mass is 15.2. The third-order valence-electron chi connectivity index (χ3n) is 5.61. The summed E-state index contributed by atoms with van der Waals surface area (Å²) in [4.78, 5) is 9.66. The number of nitrogens with zero attached hydrogens (tertiary/aromatic N) is 3. The largest absolute Gasteiger partial charge is 0.356 e. The van der Waals surface area contributed by atoms with E-state index < -0.39 is 0 Å². The number of guanidine groups is 1. The number of hydrogen-bond donors (Lipinski definition) is 2. The lowest BCUT2D eigenvalue weighted by molar-refractivity contribution is 0.158. The van der Waals surface area contributed by atoms with E-state index in [2.05, 4.69) is 53.1 Å². The molecule has 0 amide bonds. The zero-order valence-electron chi connectivity index (χ0n) is 17.2. The van der Waals surface area contributed by atoms with Crippen molar-refractivity contribution in [2.24, 2.45) is 16.8 Å². The molecule has 1 unspecified atom stereocenters. The smallest absolute Gasteiger partial charge is 0.191 e. The summed E-state index contributed by atoms with van der Waals surface area (Å²) in [5, 5.41) is 7.24. The molecule has 0 saturated carbocycles. The molecule has 0 aromatic rings. The van der Waals surface area contributed by atoms with E-state index in [1.54, 1.807) is 0 Å². The third-order valence-corrected chi connectivity index (χ3v) is 5.61. The van der Waals surface area contributed by atoms with Gasteiger partial charge >= 0.3 is 0 Å². The van der Waals surface area contributed by atoms with Gasteiger partial charge in [0.1, 0.15) is 0 Å². The fraction of sp³-hybridized carbons (Fsp3) is 0.950. The summed E-state index contributed by atoms with van der Waals surface area (Å²) in [7, 11) is 1.89. The summed E-state index contributed by atoms with van der Waals surface area (Å²) < 4.78 is 0. The molecule has 2 saturated heterocycles. The predicted octanol–water partition coefficient (Wildman–Crippen LogP) is 2.39. The van der Waals surface area contributed by atoms with Gasteiger partial charge in [0.25, 0.3) is 0 Å². The summed E-state index contributed by atoms with van der Waals surface area (Å²) >= 11 is 0.